The van der Waals surface area contributed by atoms with Crippen molar-refractivity contribution in [2.75, 3.05) is 0 Å². The Balaban J connectivity index is 1.55. The summed E-state index contributed by atoms with van der Waals surface area (Å²) in [6.07, 6.45) is 3.15. The third kappa shape index (κ3) is 3.85. The first kappa shape index (κ1) is 18.8. The molecule has 4 rings (SSSR count). The van der Waals surface area contributed by atoms with Crippen molar-refractivity contribution in [3.8, 4) is 11.4 Å². The van der Waals surface area contributed by atoms with Crippen LogP contribution in [0.15, 0.2) is 58.7 Å². The summed E-state index contributed by atoms with van der Waals surface area (Å²) < 4.78 is 2.98. The van der Waals surface area contributed by atoms with E-state index in [1.807, 2.05) is 35.9 Å². The summed E-state index contributed by atoms with van der Waals surface area (Å²) in [4.78, 5) is 36.7. The van der Waals surface area contributed by atoms with Gasteiger partial charge in [-0.15, -0.1) is 5.10 Å². The number of rotatable bonds is 4. The van der Waals surface area contributed by atoms with E-state index in [0.717, 1.165) is 10.2 Å². The molecule has 1 aromatic carbocycles. The molecule has 0 spiro atoms. The molecular weight excluding hydrogens is 388 g/mol. The molecule has 1 amide bonds. The van der Waals surface area contributed by atoms with Crippen LogP contribution in [-0.2, 0) is 18.3 Å². The summed E-state index contributed by atoms with van der Waals surface area (Å²) in [6.45, 7) is 1.71. The first-order valence-corrected chi connectivity index (χ1v) is 9.72. The number of nitrogens with one attached hydrogen (secondary N) is 2. The van der Waals surface area contributed by atoms with E-state index in [1.165, 1.54) is 11.3 Å². The van der Waals surface area contributed by atoms with Gasteiger partial charge in [0, 0.05) is 36.3 Å². The number of para-hydroxylation sites is 1. The lowest BCUT2D eigenvalue weighted by atomic mass is 10.1. The fourth-order valence-electron chi connectivity index (χ4n) is 2.96. The zero-order chi connectivity index (χ0) is 20.4. The fraction of sp³-hybridized carbons (Fsp3) is 0.150. The van der Waals surface area contributed by atoms with Crippen molar-refractivity contribution in [2.24, 2.45) is 12.1 Å². The average molecular weight is 406 g/mol. The highest BCUT2D eigenvalue weighted by Gasteiger charge is 2.13. The van der Waals surface area contributed by atoms with E-state index in [4.69, 9.17) is 0 Å². The smallest absolute Gasteiger partial charge is 0.255 e. The Labute approximate surface area is 169 Å². The topological polar surface area (TPSA) is 105 Å². The molecule has 3 heterocycles. The van der Waals surface area contributed by atoms with E-state index in [0.29, 0.717) is 27.4 Å². The summed E-state index contributed by atoms with van der Waals surface area (Å²) in [6, 6.07) is 11.5. The van der Waals surface area contributed by atoms with E-state index in [-0.39, 0.29) is 17.9 Å². The van der Waals surface area contributed by atoms with Crippen molar-refractivity contribution in [3.63, 3.8) is 0 Å². The van der Waals surface area contributed by atoms with E-state index >= 15 is 0 Å². The van der Waals surface area contributed by atoms with E-state index in [1.54, 1.807) is 31.5 Å². The van der Waals surface area contributed by atoms with Gasteiger partial charge in [0.2, 0.25) is 10.7 Å². The molecule has 3 aromatic heterocycles. The number of benzene rings is 1. The third-order valence-corrected chi connectivity index (χ3v) is 5.60. The summed E-state index contributed by atoms with van der Waals surface area (Å²) in [5.41, 5.74) is 4.73. The van der Waals surface area contributed by atoms with Gasteiger partial charge in [-0.25, -0.2) is 10.4 Å². The second kappa shape index (κ2) is 7.80. The van der Waals surface area contributed by atoms with Gasteiger partial charge in [-0.2, -0.15) is 0 Å². The highest BCUT2D eigenvalue weighted by atomic mass is 32.1. The van der Waals surface area contributed by atoms with Gasteiger partial charge in [0.05, 0.1) is 16.6 Å². The molecule has 0 radical (unpaired) electrons. The lowest BCUT2D eigenvalue weighted by molar-refractivity contribution is -0.120. The predicted molar refractivity (Wildman–Crippen MR) is 111 cm³/mol. The SMILES string of the molecule is Cc1nc(-c2cccnc2)[nH]c(=O)c1CC(=O)N/N=c1/sc2ccccc2n1C. The third-order valence-electron chi connectivity index (χ3n) is 4.49. The van der Waals surface area contributed by atoms with E-state index in [2.05, 4.69) is 25.5 Å². The van der Waals surface area contributed by atoms with Crippen molar-refractivity contribution in [2.45, 2.75) is 13.3 Å². The maximum Gasteiger partial charge on any atom is 0.255 e. The van der Waals surface area contributed by atoms with Gasteiger partial charge in [-0.3, -0.25) is 14.6 Å². The predicted octanol–water partition coefficient (Wildman–Crippen LogP) is 1.87. The Hall–Kier alpha value is -3.59. The minimum Gasteiger partial charge on any atom is -0.318 e. The molecular formula is C20H18N6O2S. The number of amides is 1. The first-order valence-electron chi connectivity index (χ1n) is 8.90. The van der Waals surface area contributed by atoms with Crippen LogP contribution >= 0.6 is 11.3 Å². The Morgan fingerprint density at radius 1 is 1.28 bits per heavy atom. The number of pyridine rings is 1. The van der Waals surface area contributed by atoms with Gasteiger partial charge in [0.25, 0.3) is 5.56 Å². The minimum absolute atomic E-state index is 0.112. The largest absolute Gasteiger partial charge is 0.318 e. The number of aromatic amines is 1. The van der Waals surface area contributed by atoms with E-state index in [9.17, 15) is 9.59 Å². The van der Waals surface area contributed by atoms with Crippen molar-refractivity contribution in [1.29, 1.82) is 0 Å². The highest BCUT2D eigenvalue weighted by molar-refractivity contribution is 7.16. The van der Waals surface area contributed by atoms with Crippen LogP contribution in [0, 0.1) is 6.92 Å². The number of aromatic nitrogens is 4. The molecule has 9 heteroatoms. The summed E-state index contributed by atoms with van der Waals surface area (Å²) in [7, 11) is 1.89. The number of aryl methyl sites for hydroxylation is 2. The lowest BCUT2D eigenvalue weighted by Crippen LogP contribution is -2.28. The van der Waals surface area contributed by atoms with Crippen LogP contribution in [0.5, 0.6) is 0 Å². The zero-order valence-electron chi connectivity index (χ0n) is 15.8. The molecule has 0 fully saturated rings. The Morgan fingerprint density at radius 3 is 2.83 bits per heavy atom. The lowest BCUT2D eigenvalue weighted by Gasteiger charge is -2.06. The number of fused-ring (bicyclic) bond motifs is 1. The maximum atomic E-state index is 12.5. The molecule has 0 saturated carbocycles. The van der Waals surface area contributed by atoms with Crippen LogP contribution in [0.3, 0.4) is 0 Å². The number of hydrogen-bond acceptors (Lipinski definition) is 6. The van der Waals surface area contributed by atoms with E-state index < -0.39 is 0 Å². The molecule has 0 unspecified atom stereocenters. The van der Waals surface area contributed by atoms with Crippen molar-refractivity contribution < 1.29 is 4.79 Å². The molecule has 0 bridgehead atoms. The van der Waals surface area contributed by atoms with Crippen LogP contribution in [0.25, 0.3) is 21.6 Å². The Bertz CT molecular complexity index is 1320. The number of carbonyl (C=O) groups excluding carboxylic acids is 1. The molecule has 2 N–H and O–H groups in total. The molecule has 0 aliphatic heterocycles. The van der Waals surface area contributed by atoms with Crippen LogP contribution in [0.4, 0.5) is 0 Å². The van der Waals surface area contributed by atoms with Gasteiger partial charge in [0.15, 0.2) is 0 Å². The van der Waals surface area contributed by atoms with Gasteiger partial charge in [-0.1, -0.05) is 23.5 Å². The average Bonchev–Trinajstić information content (AvgIpc) is 3.05. The van der Waals surface area contributed by atoms with Crippen molar-refractivity contribution in [1.82, 2.24) is 24.9 Å². The van der Waals surface area contributed by atoms with Crippen molar-refractivity contribution in [3.05, 3.63) is 75.2 Å². The standard InChI is InChI=1S/C20H18N6O2S/c1-12-14(19(28)23-18(22-12)13-6-5-9-21-11-13)10-17(27)24-25-20-26(2)15-7-3-4-8-16(15)29-20/h3-9,11H,10H2,1-2H3,(H,24,27)(H,22,23,28)/b25-20+. The van der Waals surface area contributed by atoms with Crippen molar-refractivity contribution >= 4 is 27.5 Å². The molecule has 0 aliphatic carbocycles. The second-order valence-corrected chi connectivity index (χ2v) is 7.46. The number of hydrogen-bond donors (Lipinski definition) is 2. The molecule has 0 saturated heterocycles. The van der Waals surface area contributed by atoms with Crippen LogP contribution in [0.1, 0.15) is 11.3 Å². The summed E-state index contributed by atoms with van der Waals surface area (Å²) >= 11 is 1.47. The molecule has 146 valence electrons. The van der Waals surface area contributed by atoms with Crippen LogP contribution in [0.2, 0.25) is 0 Å². The fourth-order valence-corrected chi connectivity index (χ4v) is 3.94. The van der Waals surface area contributed by atoms with Gasteiger partial charge in [0.1, 0.15) is 5.82 Å². The Kier molecular flexibility index (Phi) is 5.05. The number of carbonyl (C=O) groups is 1. The monoisotopic (exact) mass is 406 g/mol. The Morgan fingerprint density at radius 2 is 2.10 bits per heavy atom. The highest BCUT2D eigenvalue weighted by Crippen LogP contribution is 2.15. The molecule has 0 aliphatic rings. The number of H-pyrrole nitrogens is 1. The van der Waals surface area contributed by atoms with Crippen LogP contribution in [-0.4, -0.2) is 25.4 Å². The van der Waals surface area contributed by atoms with Crippen LogP contribution < -0.4 is 15.8 Å². The first-order chi connectivity index (χ1) is 14.0. The molecule has 8 nitrogen and oxygen atoms in total. The zero-order valence-corrected chi connectivity index (χ0v) is 16.7. The maximum absolute atomic E-state index is 12.5. The van der Waals surface area contributed by atoms with Gasteiger partial charge < -0.3 is 9.55 Å². The second-order valence-electron chi connectivity index (χ2n) is 6.46. The normalized spacial score (nSPS) is 11.7. The molecule has 29 heavy (non-hydrogen) atoms. The number of nitrogens with zero attached hydrogens (tertiary/aromatic N) is 4. The summed E-state index contributed by atoms with van der Waals surface area (Å²) in [5, 5.41) is 4.20. The number of thiazole rings is 1. The summed E-state index contributed by atoms with van der Waals surface area (Å²) in [5.74, 6) is 0.0405. The minimum atomic E-state index is -0.382. The molecule has 4 aromatic rings. The van der Waals surface area contributed by atoms with Gasteiger partial charge >= 0.3 is 0 Å². The molecule has 0 atom stereocenters. The quantitative estimate of drug-likeness (QED) is 0.505. The van der Waals surface area contributed by atoms with Gasteiger partial charge in [-0.05, 0) is 31.2 Å².